The highest BCUT2D eigenvalue weighted by atomic mass is 19.1. The van der Waals surface area contributed by atoms with Crippen molar-refractivity contribution in [1.29, 1.82) is 0 Å². The molecule has 4 heteroatoms. The van der Waals surface area contributed by atoms with Gasteiger partial charge in [0.1, 0.15) is 5.82 Å². The molecule has 0 saturated heterocycles. The second kappa shape index (κ2) is 5.70. The topological polar surface area (TPSA) is 49.3 Å². The zero-order valence-electron chi connectivity index (χ0n) is 11.3. The molecule has 1 aromatic rings. The lowest BCUT2D eigenvalue weighted by molar-refractivity contribution is -0.123. The van der Waals surface area contributed by atoms with Gasteiger partial charge in [0.05, 0.1) is 6.10 Å². The van der Waals surface area contributed by atoms with Crippen LogP contribution in [-0.2, 0) is 4.79 Å². The molecule has 0 radical (unpaired) electrons. The largest absolute Gasteiger partial charge is 0.391 e. The van der Waals surface area contributed by atoms with Gasteiger partial charge in [0, 0.05) is 12.5 Å². The van der Waals surface area contributed by atoms with E-state index in [-0.39, 0.29) is 29.5 Å². The maximum atomic E-state index is 12.8. The molecule has 0 aliphatic heterocycles. The molecule has 3 nitrogen and oxygen atoms in total. The standard InChI is InChI=1S/C15H20FNO2/c1-9(2)14(18)8-17-15(19)13-7-12(13)10-3-5-11(16)6-4-10/h3-6,9,12-14,18H,7-8H2,1-2H3,(H,17,19). The summed E-state index contributed by atoms with van der Waals surface area (Å²) < 4.78 is 12.8. The van der Waals surface area contributed by atoms with Gasteiger partial charge < -0.3 is 10.4 Å². The molecule has 1 fully saturated rings. The van der Waals surface area contributed by atoms with Gasteiger partial charge in [0.25, 0.3) is 0 Å². The van der Waals surface area contributed by atoms with Crippen LogP contribution in [0.25, 0.3) is 0 Å². The Morgan fingerprint density at radius 1 is 1.42 bits per heavy atom. The number of halogens is 1. The fraction of sp³-hybridized carbons (Fsp3) is 0.533. The molecule has 104 valence electrons. The molecule has 19 heavy (non-hydrogen) atoms. The molecule has 0 aromatic heterocycles. The van der Waals surface area contributed by atoms with Crippen molar-refractivity contribution in [3.8, 4) is 0 Å². The van der Waals surface area contributed by atoms with E-state index in [1.807, 2.05) is 13.8 Å². The molecule has 1 aliphatic rings. The fourth-order valence-electron chi connectivity index (χ4n) is 2.14. The molecule has 1 aliphatic carbocycles. The van der Waals surface area contributed by atoms with E-state index in [0.717, 1.165) is 12.0 Å². The van der Waals surface area contributed by atoms with Crippen LogP contribution < -0.4 is 5.32 Å². The normalized spacial score (nSPS) is 23.2. The number of benzene rings is 1. The SMILES string of the molecule is CC(C)C(O)CNC(=O)C1CC1c1ccc(F)cc1. The van der Waals surface area contributed by atoms with Crippen molar-refractivity contribution in [3.05, 3.63) is 35.6 Å². The van der Waals surface area contributed by atoms with Crippen molar-refractivity contribution in [2.45, 2.75) is 32.3 Å². The maximum Gasteiger partial charge on any atom is 0.223 e. The number of hydrogen-bond donors (Lipinski definition) is 2. The van der Waals surface area contributed by atoms with Crippen LogP contribution in [0.15, 0.2) is 24.3 Å². The van der Waals surface area contributed by atoms with Gasteiger partial charge in [-0.05, 0) is 36.0 Å². The maximum absolute atomic E-state index is 12.8. The van der Waals surface area contributed by atoms with Crippen LogP contribution in [0.4, 0.5) is 4.39 Å². The van der Waals surface area contributed by atoms with Crippen LogP contribution >= 0.6 is 0 Å². The Bertz CT molecular complexity index is 444. The minimum Gasteiger partial charge on any atom is -0.391 e. The number of rotatable bonds is 5. The summed E-state index contributed by atoms with van der Waals surface area (Å²) in [6, 6.07) is 6.31. The average Bonchev–Trinajstić information content (AvgIpc) is 3.16. The lowest BCUT2D eigenvalue weighted by Crippen LogP contribution is -2.35. The first kappa shape index (κ1) is 14.0. The van der Waals surface area contributed by atoms with Gasteiger partial charge in [-0.3, -0.25) is 4.79 Å². The van der Waals surface area contributed by atoms with Crippen LogP contribution in [-0.4, -0.2) is 23.7 Å². The Hall–Kier alpha value is -1.42. The second-order valence-corrected chi connectivity index (χ2v) is 5.56. The lowest BCUT2D eigenvalue weighted by Gasteiger charge is -2.15. The van der Waals surface area contributed by atoms with Crippen molar-refractivity contribution < 1.29 is 14.3 Å². The molecule has 1 aromatic carbocycles. The zero-order valence-corrected chi connectivity index (χ0v) is 11.3. The van der Waals surface area contributed by atoms with E-state index in [0.29, 0.717) is 6.54 Å². The molecule has 3 unspecified atom stereocenters. The van der Waals surface area contributed by atoms with Crippen LogP contribution in [0, 0.1) is 17.7 Å². The molecule has 1 amide bonds. The number of aliphatic hydroxyl groups excluding tert-OH is 1. The quantitative estimate of drug-likeness (QED) is 0.856. The van der Waals surface area contributed by atoms with E-state index in [2.05, 4.69) is 5.32 Å². The highest BCUT2D eigenvalue weighted by Crippen LogP contribution is 2.47. The Morgan fingerprint density at radius 2 is 2.05 bits per heavy atom. The van der Waals surface area contributed by atoms with E-state index in [1.54, 1.807) is 12.1 Å². The summed E-state index contributed by atoms with van der Waals surface area (Å²) in [7, 11) is 0. The van der Waals surface area contributed by atoms with Gasteiger partial charge in [0.15, 0.2) is 0 Å². The highest BCUT2D eigenvalue weighted by molar-refractivity contribution is 5.82. The van der Waals surface area contributed by atoms with E-state index >= 15 is 0 Å². The molecule has 3 atom stereocenters. The molecular weight excluding hydrogens is 245 g/mol. The second-order valence-electron chi connectivity index (χ2n) is 5.56. The number of carbonyl (C=O) groups excluding carboxylic acids is 1. The smallest absolute Gasteiger partial charge is 0.223 e. The van der Waals surface area contributed by atoms with Crippen molar-refractivity contribution in [2.24, 2.45) is 11.8 Å². The van der Waals surface area contributed by atoms with Crippen LogP contribution in [0.1, 0.15) is 31.7 Å². The van der Waals surface area contributed by atoms with Gasteiger partial charge in [-0.1, -0.05) is 26.0 Å². The summed E-state index contributed by atoms with van der Waals surface area (Å²) in [4.78, 5) is 11.9. The first-order valence-electron chi connectivity index (χ1n) is 6.70. The number of amides is 1. The molecule has 2 N–H and O–H groups in total. The summed E-state index contributed by atoms with van der Waals surface area (Å²) in [6.45, 7) is 4.12. The van der Waals surface area contributed by atoms with Crippen LogP contribution in [0.3, 0.4) is 0 Å². The predicted octanol–water partition coefficient (Wildman–Crippen LogP) is 2.06. The van der Waals surface area contributed by atoms with Gasteiger partial charge in [-0.25, -0.2) is 4.39 Å². The third-order valence-corrected chi connectivity index (χ3v) is 3.68. The van der Waals surface area contributed by atoms with E-state index in [1.165, 1.54) is 12.1 Å². The van der Waals surface area contributed by atoms with Gasteiger partial charge >= 0.3 is 0 Å². The lowest BCUT2D eigenvalue weighted by atomic mass is 10.1. The minimum absolute atomic E-state index is 0.0194. The number of aliphatic hydroxyl groups is 1. The van der Waals surface area contributed by atoms with Gasteiger partial charge in [-0.2, -0.15) is 0 Å². The molecule has 1 saturated carbocycles. The number of hydrogen-bond acceptors (Lipinski definition) is 2. The zero-order chi connectivity index (χ0) is 14.0. The van der Waals surface area contributed by atoms with E-state index in [9.17, 15) is 14.3 Å². The summed E-state index contributed by atoms with van der Waals surface area (Å²) in [5, 5.41) is 12.4. The summed E-state index contributed by atoms with van der Waals surface area (Å²) in [5.41, 5.74) is 1.01. The average molecular weight is 265 g/mol. The van der Waals surface area contributed by atoms with Crippen molar-refractivity contribution in [2.75, 3.05) is 6.54 Å². The summed E-state index contributed by atoms with van der Waals surface area (Å²) >= 11 is 0. The molecular formula is C15H20FNO2. The molecule has 0 bridgehead atoms. The third-order valence-electron chi connectivity index (χ3n) is 3.68. The molecule has 0 spiro atoms. The first-order valence-corrected chi connectivity index (χ1v) is 6.70. The van der Waals surface area contributed by atoms with Gasteiger partial charge in [-0.15, -0.1) is 0 Å². The number of carbonyl (C=O) groups is 1. The Kier molecular flexibility index (Phi) is 4.20. The van der Waals surface area contributed by atoms with Crippen molar-refractivity contribution in [1.82, 2.24) is 5.32 Å². The van der Waals surface area contributed by atoms with Crippen LogP contribution in [0.5, 0.6) is 0 Å². The predicted molar refractivity (Wildman–Crippen MR) is 71.1 cm³/mol. The van der Waals surface area contributed by atoms with E-state index in [4.69, 9.17) is 0 Å². The highest BCUT2D eigenvalue weighted by Gasteiger charge is 2.43. The van der Waals surface area contributed by atoms with Gasteiger partial charge in [0.2, 0.25) is 5.91 Å². The Labute approximate surface area is 112 Å². The number of nitrogens with one attached hydrogen (secondary N) is 1. The molecule has 2 rings (SSSR count). The van der Waals surface area contributed by atoms with Crippen molar-refractivity contribution >= 4 is 5.91 Å². The monoisotopic (exact) mass is 265 g/mol. The molecule has 0 heterocycles. The summed E-state index contributed by atoms with van der Waals surface area (Å²) in [6.07, 6.45) is 0.293. The van der Waals surface area contributed by atoms with Crippen molar-refractivity contribution in [3.63, 3.8) is 0 Å². The third kappa shape index (κ3) is 3.53. The van der Waals surface area contributed by atoms with Crippen LogP contribution in [0.2, 0.25) is 0 Å². The fourth-order valence-corrected chi connectivity index (χ4v) is 2.14. The minimum atomic E-state index is -0.507. The first-order chi connectivity index (χ1) is 8.99. The Balaban J connectivity index is 1.82. The van der Waals surface area contributed by atoms with E-state index < -0.39 is 6.10 Å². The Morgan fingerprint density at radius 3 is 2.63 bits per heavy atom. The summed E-state index contributed by atoms with van der Waals surface area (Å²) in [5.74, 6) is 0.00787.